The molecule has 5 heteroatoms. The van der Waals surface area contributed by atoms with Gasteiger partial charge in [-0.3, -0.25) is 14.9 Å². The van der Waals surface area contributed by atoms with Gasteiger partial charge in [-0.1, -0.05) is 18.2 Å². The molecule has 0 aliphatic carbocycles. The highest BCUT2D eigenvalue weighted by atomic mass is 16.2. The van der Waals surface area contributed by atoms with Gasteiger partial charge in [-0.05, 0) is 55.4 Å². The van der Waals surface area contributed by atoms with Crippen LogP contribution in [0.3, 0.4) is 0 Å². The van der Waals surface area contributed by atoms with E-state index in [0.29, 0.717) is 11.6 Å². The SMILES string of the molecule is O=C(c1ccn[nH]1)N1CCC[C@@H](Cc2cnc3ccccc3c2)CC1. The van der Waals surface area contributed by atoms with Crippen molar-refractivity contribution in [1.29, 1.82) is 0 Å². The topological polar surface area (TPSA) is 61.9 Å². The van der Waals surface area contributed by atoms with E-state index in [2.05, 4.69) is 33.4 Å². The van der Waals surface area contributed by atoms with Gasteiger partial charge >= 0.3 is 0 Å². The van der Waals surface area contributed by atoms with Crippen molar-refractivity contribution in [2.24, 2.45) is 5.92 Å². The minimum absolute atomic E-state index is 0.0607. The predicted molar refractivity (Wildman–Crippen MR) is 97.3 cm³/mol. The third-order valence-electron chi connectivity index (χ3n) is 5.04. The van der Waals surface area contributed by atoms with Crippen molar-refractivity contribution in [1.82, 2.24) is 20.1 Å². The van der Waals surface area contributed by atoms with E-state index in [1.54, 1.807) is 12.3 Å². The predicted octanol–water partition coefficient (Wildman–Crippen LogP) is 3.44. The van der Waals surface area contributed by atoms with Crippen LogP contribution in [-0.4, -0.2) is 39.1 Å². The van der Waals surface area contributed by atoms with Crippen LogP contribution < -0.4 is 0 Å². The maximum Gasteiger partial charge on any atom is 0.271 e. The molecular formula is C20H22N4O. The van der Waals surface area contributed by atoms with Crippen molar-refractivity contribution in [3.63, 3.8) is 0 Å². The number of nitrogens with one attached hydrogen (secondary N) is 1. The first-order chi connectivity index (χ1) is 12.3. The summed E-state index contributed by atoms with van der Waals surface area (Å²) in [6, 6.07) is 12.2. The number of amides is 1. The molecule has 1 aliphatic heterocycles. The van der Waals surface area contributed by atoms with Crippen molar-refractivity contribution in [2.75, 3.05) is 13.1 Å². The molecule has 2 aromatic heterocycles. The smallest absolute Gasteiger partial charge is 0.271 e. The molecule has 1 atom stereocenters. The van der Waals surface area contributed by atoms with Crippen molar-refractivity contribution in [3.05, 3.63) is 60.0 Å². The lowest BCUT2D eigenvalue weighted by molar-refractivity contribution is 0.0754. The van der Waals surface area contributed by atoms with Gasteiger partial charge < -0.3 is 4.90 Å². The lowest BCUT2D eigenvalue weighted by Crippen LogP contribution is -2.32. The van der Waals surface area contributed by atoms with E-state index in [4.69, 9.17) is 0 Å². The first kappa shape index (κ1) is 15.8. The number of H-pyrrole nitrogens is 1. The Morgan fingerprint density at radius 1 is 1.20 bits per heavy atom. The molecule has 3 aromatic rings. The fourth-order valence-electron chi connectivity index (χ4n) is 3.68. The second-order valence-electron chi connectivity index (χ2n) is 6.80. The monoisotopic (exact) mass is 334 g/mol. The number of hydrogen-bond acceptors (Lipinski definition) is 3. The molecule has 4 rings (SSSR count). The van der Waals surface area contributed by atoms with Gasteiger partial charge in [-0.2, -0.15) is 5.10 Å². The summed E-state index contributed by atoms with van der Waals surface area (Å²) >= 11 is 0. The van der Waals surface area contributed by atoms with Crippen molar-refractivity contribution in [3.8, 4) is 0 Å². The first-order valence-corrected chi connectivity index (χ1v) is 8.92. The second-order valence-corrected chi connectivity index (χ2v) is 6.80. The highest BCUT2D eigenvalue weighted by molar-refractivity contribution is 5.92. The van der Waals surface area contributed by atoms with E-state index >= 15 is 0 Å². The number of para-hydroxylation sites is 1. The molecule has 1 saturated heterocycles. The molecular weight excluding hydrogens is 312 g/mol. The molecule has 128 valence electrons. The molecule has 0 radical (unpaired) electrons. The third-order valence-corrected chi connectivity index (χ3v) is 5.04. The van der Waals surface area contributed by atoms with Crippen LogP contribution in [0.15, 0.2) is 48.8 Å². The maximum atomic E-state index is 12.5. The number of rotatable bonds is 3. The summed E-state index contributed by atoms with van der Waals surface area (Å²) in [5.74, 6) is 0.660. The zero-order chi connectivity index (χ0) is 17.1. The van der Waals surface area contributed by atoms with E-state index in [1.165, 1.54) is 10.9 Å². The molecule has 1 aromatic carbocycles. The summed E-state index contributed by atoms with van der Waals surface area (Å²) < 4.78 is 0. The molecule has 0 unspecified atom stereocenters. The van der Waals surface area contributed by atoms with E-state index in [1.807, 2.05) is 23.2 Å². The number of fused-ring (bicyclic) bond motifs is 1. The van der Waals surface area contributed by atoms with Gasteiger partial charge in [0.25, 0.3) is 5.91 Å². The third kappa shape index (κ3) is 3.55. The molecule has 3 heterocycles. The standard InChI is InChI=1S/C20H22N4O/c25-20(19-7-9-22-23-19)24-10-3-4-15(8-11-24)12-16-13-17-5-1-2-6-18(17)21-14-16/h1-2,5-7,9,13-15H,3-4,8,10-12H2,(H,22,23)/t15-/m1/s1. The summed E-state index contributed by atoms with van der Waals surface area (Å²) in [6.07, 6.45) is 7.89. The van der Waals surface area contributed by atoms with Gasteiger partial charge in [0, 0.05) is 30.9 Å². The van der Waals surface area contributed by atoms with Crippen molar-refractivity contribution >= 4 is 16.8 Å². The molecule has 1 amide bonds. The van der Waals surface area contributed by atoms with E-state index < -0.39 is 0 Å². The highest BCUT2D eigenvalue weighted by Gasteiger charge is 2.22. The van der Waals surface area contributed by atoms with Gasteiger partial charge in [0.15, 0.2) is 0 Å². The van der Waals surface area contributed by atoms with Crippen LogP contribution in [0.1, 0.15) is 35.3 Å². The zero-order valence-electron chi connectivity index (χ0n) is 14.2. The summed E-state index contributed by atoms with van der Waals surface area (Å²) in [5.41, 5.74) is 2.91. The Balaban J connectivity index is 1.41. The number of benzene rings is 1. The Morgan fingerprint density at radius 3 is 3.00 bits per heavy atom. The minimum atomic E-state index is 0.0607. The van der Waals surface area contributed by atoms with Crippen LogP contribution in [0.5, 0.6) is 0 Å². The van der Waals surface area contributed by atoms with Crippen LogP contribution >= 0.6 is 0 Å². The Morgan fingerprint density at radius 2 is 2.12 bits per heavy atom. The number of carbonyl (C=O) groups is 1. The number of aromatic amines is 1. The Hall–Kier alpha value is -2.69. The molecule has 1 N–H and O–H groups in total. The van der Waals surface area contributed by atoms with Gasteiger partial charge in [0.05, 0.1) is 5.52 Å². The fourth-order valence-corrected chi connectivity index (χ4v) is 3.68. The van der Waals surface area contributed by atoms with Gasteiger partial charge in [0.1, 0.15) is 5.69 Å². The minimum Gasteiger partial charge on any atom is -0.337 e. The molecule has 1 fully saturated rings. The average Bonchev–Trinajstić information content (AvgIpc) is 3.08. The molecule has 1 aliphatic rings. The Bertz CT molecular complexity index is 859. The highest BCUT2D eigenvalue weighted by Crippen LogP contribution is 2.24. The van der Waals surface area contributed by atoms with Gasteiger partial charge in [-0.25, -0.2) is 0 Å². The quantitative estimate of drug-likeness (QED) is 0.798. The van der Waals surface area contributed by atoms with Crippen LogP contribution in [0, 0.1) is 5.92 Å². The number of nitrogens with zero attached hydrogens (tertiary/aromatic N) is 3. The summed E-state index contributed by atoms with van der Waals surface area (Å²) in [6.45, 7) is 1.63. The van der Waals surface area contributed by atoms with Crippen LogP contribution in [-0.2, 0) is 6.42 Å². The lowest BCUT2D eigenvalue weighted by atomic mass is 9.93. The lowest BCUT2D eigenvalue weighted by Gasteiger charge is -2.19. The summed E-state index contributed by atoms with van der Waals surface area (Å²) in [5, 5.41) is 7.85. The first-order valence-electron chi connectivity index (χ1n) is 8.92. The van der Waals surface area contributed by atoms with Crippen molar-refractivity contribution in [2.45, 2.75) is 25.7 Å². The molecule has 25 heavy (non-hydrogen) atoms. The largest absolute Gasteiger partial charge is 0.337 e. The van der Waals surface area contributed by atoms with Gasteiger partial charge in [0.2, 0.25) is 0 Å². The molecule has 0 spiro atoms. The number of likely N-dealkylation sites (tertiary alicyclic amines) is 1. The van der Waals surface area contributed by atoms with Gasteiger partial charge in [-0.15, -0.1) is 0 Å². The second kappa shape index (κ2) is 7.05. The van der Waals surface area contributed by atoms with E-state index in [-0.39, 0.29) is 5.91 Å². The number of carbonyl (C=O) groups excluding carboxylic acids is 1. The maximum absolute atomic E-state index is 12.5. The normalized spacial score (nSPS) is 18.2. The fraction of sp³-hybridized carbons (Fsp3) is 0.350. The van der Waals surface area contributed by atoms with Crippen LogP contribution in [0.4, 0.5) is 0 Å². The number of hydrogen-bond donors (Lipinski definition) is 1. The number of pyridine rings is 1. The Kier molecular flexibility index (Phi) is 4.46. The molecule has 0 bridgehead atoms. The van der Waals surface area contributed by atoms with E-state index in [9.17, 15) is 4.79 Å². The number of aromatic nitrogens is 3. The molecule has 5 nitrogen and oxygen atoms in total. The summed E-state index contributed by atoms with van der Waals surface area (Å²) in [4.78, 5) is 19.0. The zero-order valence-corrected chi connectivity index (χ0v) is 14.2. The van der Waals surface area contributed by atoms with Crippen molar-refractivity contribution < 1.29 is 4.79 Å². The summed E-state index contributed by atoms with van der Waals surface area (Å²) in [7, 11) is 0. The van der Waals surface area contributed by atoms with Crippen LogP contribution in [0.25, 0.3) is 10.9 Å². The van der Waals surface area contributed by atoms with E-state index in [0.717, 1.165) is 44.3 Å². The molecule has 0 saturated carbocycles. The van der Waals surface area contributed by atoms with Crippen LogP contribution in [0.2, 0.25) is 0 Å². The average molecular weight is 334 g/mol. The Labute approximate surface area is 147 Å².